The van der Waals surface area contributed by atoms with Crippen LogP contribution in [0.2, 0.25) is 0 Å². The van der Waals surface area contributed by atoms with Crippen LogP contribution in [-0.4, -0.2) is 48.5 Å². The monoisotopic (exact) mass is 257 g/mol. The van der Waals surface area contributed by atoms with Gasteiger partial charge in [-0.2, -0.15) is 0 Å². The lowest BCUT2D eigenvalue weighted by Gasteiger charge is -2.30. The van der Waals surface area contributed by atoms with E-state index in [1.54, 1.807) is 0 Å². The second-order valence-corrected chi connectivity index (χ2v) is 5.49. The zero-order valence-electron chi connectivity index (χ0n) is 12.2. The molecule has 0 aliphatic carbocycles. The molecule has 0 amide bonds. The topological polar surface area (TPSA) is 32.7 Å². The molecule has 1 heterocycles. The van der Waals surface area contributed by atoms with Crippen LogP contribution < -0.4 is 0 Å². The SMILES string of the molecule is CCCCOCC(O)CN1CCCCCC1CC. The Morgan fingerprint density at radius 1 is 1.28 bits per heavy atom. The number of nitrogens with zero attached hydrogens (tertiary/aromatic N) is 1. The lowest BCUT2D eigenvalue weighted by molar-refractivity contribution is 0.00774. The van der Waals surface area contributed by atoms with Gasteiger partial charge in [0.05, 0.1) is 12.7 Å². The van der Waals surface area contributed by atoms with E-state index in [0.717, 1.165) is 32.5 Å². The minimum atomic E-state index is -0.325. The number of likely N-dealkylation sites (tertiary alicyclic amines) is 1. The Bertz CT molecular complexity index is 199. The van der Waals surface area contributed by atoms with Gasteiger partial charge in [0.25, 0.3) is 0 Å². The van der Waals surface area contributed by atoms with Crippen molar-refractivity contribution in [1.29, 1.82) is 0 Å². The molecule has 1 N–H and O–H groups in total. The van der Waals surface area contributed by atoms with Crippen molar-refractivity contribution in [3.8, 4) is 0 Å². The number of unbranched alkanes of at least 4 members (excludes halogenated alkanes) is 1. The average Bonchev–Trinajstić information content (AvgIpc) is 2.59. The van der Waals surface area contributed by atoms with Gasteiger partial charge in [0.2, 0.25) is 0 Å². The zero-order valence-corrected chi connectivity index (χ0v) is 12.2. The Kier molecular flexibility index (Phi) is 8.64. The number of hydrogen-bond donors (Lipinski definition) is 1. The molecule has 0 aromatic rings. The van der Waals surface area contributed by atoms with Gasteiger partial charge < -0.3 is 9.84 Å². The summed E-state index contributed by atoms with van der Waals surface area (Å²) in [5, 5.41) is 10.0. The maximum atomic E-state index is 10.0. The molecule has 0 bridgehead atoms. The van der Waals surface area contributed by atoms with Crippen LogP contribution in [0.25, 0.3) is 0 Å². The van der Waals surface area contributed by atoms with E-state index in [-0.39, 0.29) is 6.10 Å². The van der Waals surface area contributed by atoms with Crippen molar-refractivity contribution in [3.05, 3.63) is 0 Å². The molecule has 1 aliphatic rings. The fraction of sp³-hybridized carbons (Fsp3) is 1.00. The van der Waals surface area contributed by atoms with Gasteiger partial charge in [0, 0.05) is 19.2 Å². The van der Waals surface area contributed by atoms with Crippen molar-refractivity contribution in [1.82, 2.24) is 4.90 Å². The summed E-state index contributed by atoms with van der Waals surface area (Å²) in [6.45, 7) is 7.61. The van der Waals surface area contributed by atoms with Crippen molar-refractivity contribution < 1.29 is 9.84 Å². The summed E-state index contributed by atoms with van der Waals surface area (Å²) in [5.74, 6) is 0. The minimum absolute atomic E-state index is 0.325. The molecular formula is C15H31NO2. The predicted molar refractivity (Wildman–Crippen MR) is 75.9 cm³/mol. The van der Waals surface area contributed by atoms with Gasteiger partial charge in [-0.15, -0.1) is 0 Å². The van der Waals surface area contributed by atoms with Crippen LogP contribution in [-0.2, 0) is 4.74 Å². The van der Waals surface area contributed by atoms with Crippen LogP contribution in [0.5, 0.6) is 0 Å². The summed E-state index contributed by atoms with van der Waals surface area (Å²) in [6, 6.07) is 0.665. The van der Waals surface area contributed by atoms with Gasteiger partial charge in [0.1, 0.15) is 0 Å². The minimum Gasteiger partial charge on any atom is -0.389 e. The molecule has 2 atom stereocenters. The first-order valence-electron chi connectivity index (χ1n) is 7.77. The summed E-state index contributed by atoms with van der Waals surface area (Å²) in [4.78, 5) is 2.47. The zero-order chi connectivity index (χ0) is 13.2. The molecule has 1 fully saturated rings. The smallest absolute Gasteiger partial charge is 0.0900 e. The number of aliphatic hydroxyl groups excluding tert-OH is 1. The maximum absolute atomic E-state index is 10.0. The van der Waals surface area contributed by atoms with Crippen molar-refractivity contribution in [2.75, 3.05) is 26.3 Å². The molecule has 0 aromatic heterocycles. The average molecular weight is 257 g/mol. The van der Waals surface area contributed by atoms with Crippen LogP contribution in [0.15, 0.2) is 0 Å². The van der Waals surface area contributed by atoms with E-state index in [1.807, 2.05) is 0 Å². The third-order valence-corrected chi connectivity index (χ3v) is 3.87. The Labute approximate surface area is 113 Å². The lowest BCUT2D eigenvalue weighted by atomic mass is 10.1. The highest BCUT2D eigenvalue weighted by Crippen LogP contribution is 2.19. The lowest BCUT2D eigenvalue weighted by Crippen LogP contribution is -2.41. The van der Waals surface area contributed by atoms with Gasteiger partial charge in [0.15, 0.2) is 0 Å². The van der Waals surface area contributed by atoms with E-state index in [4.69, 9.17) is 4.74 Å². The molecule has 18 heavy (non-hydrogen) atoms. The number of β-amino-alcohol motifs (C(OH)–C–C–N with tert-alkyl or cyclic N) is 1. The maximum Gasteiger partial charge on any atom is 0.0900 e. The number of hydrogen-bond acceptors (Lipinski definition) is 3. The predicted octanol–water partition coefficient (Wildman–Crippen LogP) is 2.82. The summed E-state index contributed by atoms with van der Waals surface area (Å²) < 4.78 is 5.50. The van der Waals surface area contributed by atoms with Crippen molar-refractivity contribution in [2.45, 2.75) is 70.9 Å². The van der Waals surface area contributed by atoms with Crippen LogP contribution >= 0.6 is 0 Å². The first-order chi connectivity index (χ1) is 8.77. The number of rotatable bonds is 8. The Hall–Kier alpha value is -0.120. The summed E-state index contributed by atoms with van der Waals surface area (Å²) in [6.07, 6.45) is 8.37. The molecule has 2 unspecified atom stereocenters. The van der Waals surface area contributed by atoms with Crippen LogP contribution in [0.1, 0.15) is 58.8 Å². The molecule has 108 valence electrons. The Balaban J connectivity index is 2.24. The van der Waals surface area contributed by atoms with Crippen molar-refractivity contribution in [2.24, 2.45) is 0 Å². The Morgan fingerprint density at radius 2 is 2.11 bits per heavy atom. The van der Waals surface area contributed by atoms with Crippen LogP contribution in [0, 0.1) is 0 Å². The van der Waals surface area contributed by atoms with E-state index in [1.165, 1.54) is 32.1 Å². The van der Waals surface area contributed by atoms with Gasteiger partial charge in [-0.25, -0.2) is 0 Å². The van der Waals surface area contributed by atoms with E-state index in [2.05, 4.69) is 18.7 Å². The molecule has 1 saturated heterocycles. The quantitative estimate of drug-likeness (QED) is 0.679. The molecule has 3 heteroatoms. The molecule has 0 saturated carbocycles. The van der Waals surface area contributed by atoms with Crippen molar-refractivity contribution in [3.63, 3.8) is 0 Å². The fourth-order valence-corrected chi connectivity index (χ4v) is 2.73. The van der Waals surface area contributed by atoms with E-state index in [0.29, 0.717) is 12.6 Å². The van der Waals surface area contributed by atoms with E-state index >= 15 is 0 Å². The largest absolute Gasteiger partial charge is 0.389 e. The van der Waals surface area contributed by atoms with Crippen LogP contribution in [0.3, 0.4) is 0 Å². The first-order valence-corrected chi connectivity index (χ1v) is 7.77. The summed E-state index contributed by atoms with van der Waals surface area (Å²) in [7, 11) is 0. The normalized spacial score (nSPS) is 23.8. The second kappa shape index (κ2) is 9.76. The first kappa shape index (κ1) is 15.9. The van der Waals surface area contributed by atoms with Crippen LogP contribution in [0.4, 0.5) is 0 Å². The standard InChI is InChI=1S/C15H31NO2/c1-3-5-11-18-13-15(17)12-16-10-8-6-7-9-14(16)4-2/h14-15,17H,3-13H2,1-2H3. The highest BCUT2D eigenvalue weighted by molar-refractivity contribution is 4.76. The molecule has 1 rings (SSSR count). The third-order valence-electron chi connectivity index (χ3n) is 3.87. The highest BCUT2D eigenvalue weighted by Gasteiger charge is 2.21. The van der Waals surface area contributed by atoms with Gasteiger partial charge in [-0.05, 0) is 32.2 Å². The van der Waals surface area contributed by atoms with Gasteiger partial charge in [-0.3, -0.25) is 4.90 Å². The fourth-order valence-electron chi connectivity index (χ4n) is 2.73. The molecule has 3 nitrogen and oxygen atoms in total. The number of aliphatic hydroxyl groups is 1. The molecule has 0 radical (unpaired) electrons. The van der Waals surface area contributed by atoms with E-state index < -0.39 is 0 Å². The summed E-state index contributed by atoms with van der Waals surface area (Å²) in [5.41, 5.74) is 0. The highest BCUT2D eigenvalue weighted by atomic mass is 16.5. The molecule has 1 aliphatic heterocycles. The molecular weight excluding hydrogens is 226 g/mol. The second-order valence-electron chi connectivity index (χ2n) is 5.49. The third kappa shape index (κ3) is 6.17. The summed E-state index contributed by atoms with van der Waals surface area (Å²) >= 11 is 0. The number of ether oxygens (including phenoxy) is 1. The van der Waals surface area contributed by atoms with Gasteiger partial charge >= 0.3 is 0 Å². The molecule has 0 aromatic carbocycles. The molecule has 0 spiro atoms. The van der Waals surface area contributed by atoms with Gasteiger partial charge in [-0.1, -0.05) is 33.1 Å². The van der Waals surface area contributed by atoms with Crippen molar-refractivity contribution >= 4 is 0 Å². The van der Waals surface area contributed by atoms with E-state index in [9.17, 15) is 5.11 Å². The Morgan fingerprint density at radius 3 is 2.83 bits per heavy atom.